The lowest BCUT2D eigenvalue weighted by Crippen LogP contribution is -2.51. The van der Waals surface area contributed by atoms with Crippen molar-refractivity contribution in [2.24, 2.45) is 0 Å². The Labute approximate surface area is 136 Å². The summed E-state index contributed by atoms with van der Waals surface area (Å²) in [6.45, 7) is 4.19. The SMILES string of the molecule is CC(O)C(=O)N1CCN(c2cc(-c3ccccc3)ccn2)CC1. The predicted octanol–water partition coefficient (Wildman–Crippen LogP) is 1.78. The Morgan fingerprint density at radius 1 is 1.09 bits per heavy atom. The van der Waals surface area contributed by atoms with Crippen molar-refractivity contribution in [2.45, 2.75) is 13.0 Å². The van der Waals surface area contributed by atoms with Gasteiger partial charge < -0.3 is 14.9 Å². The van der Waals surface area contributed by atoms with E-state index in [9.17, 15) is 9.90 Å². The van der Waals surface area contributed by atoms with Crippen molar-refractivity contribution in [3.05, 3.63) is 48.7 Å². The zero-order valence-corrected chi connectivity index (χ0v) is 13.2. The van der Waals surface area contributed by atoms with Crippen LogP contribution in [0.2, 0.25) is 0 Å². The average Bonchev–Trinajstić information content (AvgIpc) is 2.62. The van der Waals surface area contributed by atoms with Crippen LogP contribution in [0, 0.1) is 0 Å². The van der Waals surface area contributed by atoms with E-state index in [1.54, 1.807) is 4.90 Å². The van der Waals surface area contributed by atoms with E-state index in [0.29, 0.717) is 13.1 Å². The Hall–Kier alpha value is -2.40. The molecular formula is C18H21N3O2. The standard InChI is InChI=1S/C18H21N3O2/c1-14(22)18(23)21-11-9-20(10-12-21)17-13-16(7-8-19-17)15-5-3-2-4-6-15/h2-8,13-14,22H,9-12H2,1H3. The Morgan fingerprint density at radius 2 is 1.78 bits per heavy atom. The number of carbonyl (C=O) groups is 1. The monoisotopic (exact) mass is 311 g/mol. The molecule has 0 aliphatic carbocycles. The minimum Gasteiger partial charge on any atom is -0.384 e. The molecule has 120 valence electrons. The lowest BCUT2D eigenvalue weighted by Gasteiger charge is -2.36. The molecular weight excluding hydrogens is 290 g/mol. The minimum atomic E-state index is -0.930. The van der Waals surface area contributed by atoms with E-state index in [1.165, 1.54) is 12.5 Å². The van der Waals surface area contributed by atoms with Gasteiger partial charge in [-0.25, -0.2) is 4.98 Å². The molecule has 1 saturated heterocycles. The molecule has 1 aliphatic heterocycles. The van der Waals surface area contributed by atoms with E-state index in [2.05, 4.69) is 28.1 Å². The Bertz CT molecular complexity index is 665. The lowest BCUT2D eigenvalue weighted by molar-refractivity contribution is -0.139. The van der Waals surface area contributed by atoms with E-state index >= 15 is 0 Å². The van der Waals surface area contributed by atoms with Gasteiger partial charge in [0.15, 0.2) is 0 Å². The summed E-state index contributed by atoms with van der Waals surface area (Å²) in [5.74, 6) is 0.728. The van der Waals surface area contributed by atoms with E-state index in [-0.39, 0.29) is 5.91 Å². The molecule has 1 aliphatic rings. The van der Waals surface area contributed by atoms with Crippen LogP contribution in [0.1, 0.15) is 6.92 Å². The number of piperazine rings is 1. The van der Waals surface area contributed by atoms with Gasteiger partial charge in [0.05, 0.1) is 0 Å². The molecule has 0 radical (unpaired) electrons. The van der Waals surface area contributed by atoms with E-state index in [1.807, 2.05) is 30.5 Å². The number of benzene rings is 1. The molecule has 1 N–H and O–H groups in total. The number of aliphatic hydroxyl groups is 1. The molecule has 2 aromatic rings. The topological polar surface area (TPSA) is 56.7 Å². The summed E-state index contributed by atoms with van der Waals surface area (Å²) in [5, 5.41) is 9.40. The molecule has 1 fully saturated rings. The molecule has 3 rings (SSSR count). The van der Waals surface area contributed by atoms with Gasteiger partial charge in [0, 0.05) is 32.4 Å². The van der Waals surface area contributed by atoms with Crippen molar-refractivity contribution in [3.63, 3.8) is 0 Å². The van der Waals surface area contributed by atoms with E-state index in [4.69, 9.17) is 0 Å². The van der Waals surface area contributed by atoms with Crippen LogP contribution in [0.15, 0.2) is 48.7 Å². The van der Waals surface area contributed by atoms with Crippen LogP contribution < -0.4 is 4.90 Å². The number of nitrogens with zero attached hydrogens (tertiary/aromatic N) is 3. The zero-order chi connectivity index (χ0) is 16.2. The van der Waals surface area contributed by atoms with Crippen molar-refractivity contribution in [1.82, 2.24) is 9.88 Å². The molecule has 2 heterocycles. The summed E-state index contributed by atoms with van der Waals surface area (Å²) in [4.78, 5) is 20.2. The first-order valence-corrected chi connectivity index (χ1v) is 7.88. The van der Waals surface area contributed by atoms with E-state index in [0.717, 1.165) is 24.5 Å². The van der Waals surface area contributed by atoms with Crippen LogP contribution in [-0.4, -0.2) is 53.2 Å². The molecule has 0 bridgehead atoms. The average molecular weight is 311 g/mol. The molecule has 1 aromatic carbocycles. The fraction of sp³-hybridized carbons (Fsp3) is 0.333. The first kappa shape index (κ1) is 15.5. The molecule has 5 heteroatoms. The van der Waals surface area contributed by atoms with Crippen LogP contribution >= 0.6 is 0 Å². The van der Waals surface area contributed by atoms with Crippen LogP contribution in [0.5, 0.6) is 0 Å². The van der Waals surface area contributed by atoms with Gasteiger partial charge in [0.1, 0.15) is 11.9 Å². The number of anilines is 1. The second-order valence-corrected chi connectivity index (χ2v) is 5.76. The number of carbonyl (C=O) groups excluding carboxylic acids is 1. The van der Waals surface area contributed by atoms with Crippen molar-refractivity contribution < 1.29 is 9.90 Å². The third kappa shape index (κ3) is 3.51. The third-order valence-corrected chi connectivity index (χ3v) is 4.13. The number of hydrogen-bond acceptors (Lipinski definition) is 4. The maximum atomic E-state index is 11.8. The summed E-state index contributed by atoms with van der Waals surface area (Å²) in [5.41, 5.74) is 2.30. The van der Waals surface area contributed by atoms with Gasteiger partial charge in [-0.15, -0.1) is 0 Å². The smallest absolute Gasteiger partial charge is 0.251 e. The molecule has 0 saturated carbocycles. The van der Waals surface area contributed by atoms with Crippen LogP contribution in [0.4, 0.5) is 5.82 Å². The Kier molecular flexibility index (Phi) is 4.57. The highest BCUT2D eigenvalue weighted by Crippen LogP contribution is 2.23. The number of aromatic nitrogens is 1. The first-order chi connectivity index (χ1) is 11.1. The van der Waals surface area contributed by atoms with Gasteiger partial charge in [-0.1, -0.05) is 30.3 Å². The Balaban J connectivity index is 1.71. The highest BCUT2D eigenvalue weighted by atomic mass is 16.3. The summed E-state index contributed by atoms with van der Waals surface area (Å²) in [6, 6.07) is 14.3. The lowest BCUT2D eigenvalue weighted by atomic mass is 10.1. The highest BCUT2D eigenvalue weighted by molar-refractivity contribution is 5.80. The molecule has 1 aromatic heterocycles. The van der Waals surface area contributed by atoms with Gasteiger partial charge in [0.25, 0.3) is 5.91 Å². The normalized spacial score (nSPS) is 16.3. The maximum absolute atomic E-state index is 11.8. The molecule has 0 spiro atoms. The molecule has 5 nitrogen and oxygen atoms in total. The third-order valence-electron chi connectivity index (χ3n) is 4.13. The summed E-state index contributed by atoms with van der Waals surface area (Å²) in [6.07, 6.45) is 0.895. The fourth-order valence-corrected chi connectivity index (χ4v) is 2.82. The van der Waals surface area contributed by atoms with Crippen molar-refractivity contribution in [2.75, 3.05) is 31.1 Å². The minimum absolute atomic E-state index is 0.198. The van der Waals surface area contributed by atoms with Crippen LogP contribution in [-0.2, 0) is 4.79 Å². The number of aliphatic hydroxyl groups excluding tert-OH is 1. The van der Waals surface area contributed by atoms with Crippen molar-refractivity contribution in [1.29, 1.82) is 0 Å². The van der Waals surface area contributed by atoms with Crippen LogP contribution in [0.3, 0.4) is 0 Å². The van der Waals surface area contributed by atoms with Gasteiger partial charge in [0.2, 0.25) is 0 Å². The summed E-state index contributed by atoms with van der Waals surface area (Å²) < 4.78 is 0. The molecule has 1 unspecified atom stereocenters. The van der Waals surface area contributed by atoms with Crippen molar-refractivity contribution in [3.8, 4) is 11.1 Å². The van der Waals surface area contributed by atoms with Crippen molar-refractivity contribution >= 4 is 11.7 Å². The number of hydrogen-bond donors (Lipinski definition) is 1. The maximum Gasteiger partial charge on any atom is 0.251 e. The largest absolute Gasteiger partial charge is 0.384 e. The number of amides is 1. The predicted molar refractivity (Wildman–Crippen MR) is 90.1 cm³/mol. The molecule has 23 heavy (non-hydrogen) atoms. The quantitative estimate of drug-likeness (QED) is 0.939. The zero-order valence-electron chi connectivity index (χ0n) is 13.2. The number of rotatable bonds is 3. The Morgan fingerprint density at radius 3 is 2.43 bits per heavy atom. The van der Waals surface area contributed by atoms with E-state index < -0.39 is 6.10 Å². The van der Waals surface area contributed by atoms with Gasteiger partial charge in [-0.2, -0.15) is 0 Å². The van der Waals surface area contributed by atoms with Gasteiger partial charge in [-0.3, -0.25) is 4.79 Å². The molecule has 1 atom stereocenters. The fourth-order valence-electron chi connectivity index (χ4n) is 2.82. The summed E-state index contributed by atoms with van der Waals surface area (Å²) in [7, 11) is 0. The highest BCUT2D eigenvalue weighted by Gasteiger charge is 2.24. The molecule has 1 amide bonds. The second-order valence-electron chi connectivity index (χ2n) is 5.76. The second kappa shape index (κ2) is 6.79. The first-order valence-electron chi connectivity index (χ1n) is 7.88. The summed E-state index contributed by atoms with van der Waals surface area (Å²) >= 11 is 0. The van der Waals surface area contributed by atoms with Gasteiger partial charge in [-0.05, 0) is 30.2 Å². The van der Waals surface area contributed by atoms with Crippen LogP contribution in [0.25, 0.3) is 11.1 Å². The van der Waals surface area contributed by atoms with Gasteiger partial charge >= 0.3 is 0 Å². The number of pyridine rings is 1.